The Morgan fingerprint density at radius 2 is 1.57 bits per heavy atom. The van der Waals surface area contributed by atoms with E-state index < -0.39 is 0 Å². The molecule has 0 radical (unpaired) electrons. The van der Waals surface area contributed by atoms with E-state index in [0.717, 1.165) is 21.3 Å². The molecular formula is C24H24BrNO2. The molecule has 3 aromatic rings. The third-order valence-electron chi connectivity index (χ3n) is 4.46. The number of carbonyl (C=O) groups excluding carboxylic acids is 1. The van der Waals surface area contributed by atoms with Crippen LogP contribution in [0.5, 0.6) is 5.75 Å². The summed E-state index contributed by atoms with van der Waals surface area (Å²) in [4.78, 5) is 12.5. The maximum absolute atomic E-state index is 12.5. The lowest BCUT2D eigenvalue weighted by atomic mass is 9.98. The molecule has 0 aliphatic rings. The number of ether oxygens (including phenoxy) is 1. The molecule has 0 spiro atoms. The molecule has 0 unspecified atom stereocenters. The second-order valence-electron chi connectivity index (χ2n) is 6.71. The SMILES string of the molecule is Cc1ccc(OCCCC(=O)NC(c2ccccc2)c2ccccc2)c(Br)c1. The molecule has 0 aliphatic carbocycles. The third kappa shape index (κ3) is 5.70. The third-order valence-corrected chi connectivity index (χ3v) is 5.08. The lowest BCUT2D eigenvalue weighted by Crippen LogP contribution is -2.29. The van der Waals surface area contributed by atoms with Gasteiger partial charge in [0, 0.05) is 6.42 Å². The van der Waals surface area contributed by atoms with Crippen LogP contribution in [0.1, 0.15) is 35.6 Å². The molecule has 28 heavy (non-hydrogen) atoms. The number of halogens is 1. The van der Waals surface area contributed by atoms with Crippen LogP contribution >= 0.6 is 15.9 Å². The lowest BCUT2D eigenvalue weighted by Gasteiger charge is -2.20. The van der Waals surface area contributed by atoms with Crippen molar-refractivity contribution < 1.29 is 9.53 Å². The average molecular weight is 438 g/mol. The average Bonchev–Trinajstić information content (AvgIpc) is 2.72. The van der Waals surface area contributed by atoms with Gasteiger partial charge in [0.2, 0.25) is 5.91 Å². The summed E-state index contributed by atoms with van der Waals surface area (Å²) in [5, 5.41) is 3.16. The minimum atomic E-state index is -0.151. The fourth-order valence-corrected chi connectivity index (χ4v) is 3.63. The molecule has 0 fully saturated rings. The maximum atomic E-state index is 12.5. The second kappa shape index (κ2) is 10.1. The van der Waals surface area contributed by atoms with Crippen LogP contribution in [0.25, 0.3) is 0 Å². The number of benzene rings is 3. The smallest absolute Gasteiger partial charge is 0.220 e. The zero-order valence-corrected chi connectivity index (χ0v) is 17.5. The van der Waals surface area contributed by atoms with Gasteiger partial charge in [-0.15, -0.1) is 0 Å². The van der Waals surface area contributed by atoms with Crippen molar-refractivity contribution >= 4 is 21.8 Å². The number of nitrogens with one attached hydrogen (secondary N) is 1. The van der Waals surface area contributed by atoms with Crippen molar-refractivity contribution in [2.24, 2.45) is 0 Å². The minimum Gasteiger partial charge on any atom is -0.492 e. The highest BCUT2D eigenvalue weighted by Crippen LogP contribution is 2.26. The summed E-state index contributed by atoms with van der Waals surface area (Å²) in [7, 11) is 0. The molecule has 0 aromatic heterocycles. The van der Waals surface area contributed by atoms with Crippen LogP contribution in [0.2, 0.25) is 0 Å². The lowest BCUT2D eigenvalue weighted by molar-refractivity contribution is -0.121. The molecule has 144 valence electrons. The summed E-state index contributed by atoms with van der Waals surface area (Å²) in [6, 6.07) is 25.9. The van der Waals surface area contributed by atoms with Crippen LogP contribution < -0.4 is 10.1 Å². The quantitative estimate of drug-likeness (QED) is 0.450. The second-order valence-corrected chi connectivity index (χ2v) is 7.56. The van der Waals surface area contributed by atoms with Crippen molar-refractivity contribution in [2.75, 3.05) is 6.61 Å². The molecule has 0 atom stereocenters. The normalized spacial score (nSPS) is 10.7. The van der Waals surface area contributed by atoms with Crippen LogP contribution in [0.4, 0.5) is 0 Å². The van der Waals surface area contributed by atoms with E-state index in [0.29, 0.717) is 19.4 Å². The van der Waals surface area contributed by atoms with Gasteiger partial charge in [0.1, 0.15) is 5.75 Å². The Bertz CT molecular complexity index is 857. The van der Waals surface area contributed by atoms with Gasteiger partial charge < -0.3 is 10.1 Å². The maximum Gasteiger partial charge on any atom is 0.220 e. The first-order valence-corrected chi connectivity index (χ1v) is 10.2. The van der Waals surface area contributed by atoms with Crippen molar-refractivity contribution in [1.82, 2.24) is 5.32 Å². The molecule has 3 nitrogen and oxygen atoms in total. The molecule has 0 saturated heterocycles. The zero-order chi connectivity index (χ0) is 19.8. The van der Waals surface area contributed by atoms with Crippen LogP contribution in [0.3, 0.4) is 0 Å². The van der Waals surface area contributed by atoms with E-state index in [1.807, 2.05) is 85.8 Å². The van der Waals surface area contributed by atoms with E-state index in [4.69, 9.17) is 4.74 Å². The highest BCUT2D eigenvalue weighted by atomic mass is 79.9. The number of hydrogen-bond acceptors (Lipinski definition) is 2. The van der Waals surface area contributed by atoms with Crippen LogP contribution in [-0.4, -0.2) is 12.5 Å². The summed E-state index contributed by atoms with van der Waals surface area (Å²) < 4.78 is 6.72. The molecule has 3 rings (SSSR count). The van der Waals surface area contributed by atoms with Crippen molar-refractivity contribution in [2.45, 2.75) is 25.8 Å². The Labute approximate surface area is 174 Å². The first-order chi connectivity index (χ1) is 13.6. The van der Waals surface area contributed by atoms with Crippen molar-refractivity contribution in [3.63, 3.8) is 0 Å². The highest BCUT2D eigenvalue weighted by molar-refractivity contribution is 9.10. The molecular weight excluding hydrogens is 414 g/mol. The van der Waals surface area contributed by atoms with E-state index in [9.17, 15) is 4.79 Å². The van der Waals surface area contributed by atoms with E-state index >= 15 is 0 Å². The number of aryl methyl sites for hydroxylation is 1. The topological polar surface area (TPSA) is 38.3 Å². The largest absolute Gasteiger partial charge is 0.492 e. The zero-order valence-electron chi connectivity index (χ0n) is 15.9. The van der Waals surface area contributed by atoms with E-state index in [1.54, 1.807) is 0 Å². The van der Waals surface area contributed by atoms with Gasteiger partial charge in [0.15, 0.2) is 0 Å². The van der Waals surface area contributed by atoms with Crippen LogP contribution in [-0.2, 0) is 4.79 Å². The Morgan fingerprint density at radius 1 is 0.964 bits per heavy atom. The van der Waals surface area contributed by atoms with Gasteiger partial charge in [-0.3, -0.25) is 4.79 Å². The Hall–Kier alpha value is -2.59. The fourth-order valence-electron chi connectivity index (χ4n) is 3.02. The number of rotatable bonds is 8. The molecule has 0 heterocycles. The predicted octanol–water partition coefficient (Wildman–Crippen LogP) is 5.82. The molecule has 1 N–H and O–H groups in total. The summed E-state index contributed by atoms with van der Waals surface area (Å²) in [5.41, 5.74) is 3.32. The number of amides is 1. The molecule has 4 heteroatoms. The standard InChI is InChI=1S/C24H24BrNO2/c1-18-14-15-22(21(25)17-18)28-16-8-13-23(27)26-24(19-9-4-2-5-10-19)20-11-6-3-7-12-20/h2-7,9-12,14-15,17,24H,8,13,16H2,1H3,(H,26,27). The summed E-state index contributed by atoms with van der Waals surface area (Å²) >= 11 is 3.51. The van der Waals surface area contributed by atoms with Crippen LogP contribution in [0, 0.1) is 6.92 Å². The minimum absolute atomic E-state index is 0.0178. The first-order valence-electron chi connectivity index (χ1n) is 9.41. The van der Waals surface area contributed by atoms with Gasteiger partial charge in [-0.1, -0.05) is 66.7 Å². The van der Waals surface area contributed by atoms with Gasteiger partial charge in [0.05, 0.1) is 17.1 Å². The Morgan fingerprint density at radius 3 is 2.14 bits per heavy atom. The Balaban J connectivity index is 1.55. The van der Waals surface area contributed by atoms with Gasteiger partial charge in [-0.05, 0) is 58.1 Å². The molecule has 1 amide bonds. The number of hydrogen-bond donors (Lipinski definition) is 1. The van der Waals surface area contributed by atoms with Crippen LogP contribution in [0.15, 0.2) is 83.3 Å². The highest BCUT2D eigenvalue weighted by Gasteiger charge is 2.16. The van der Waals surface area contributed by atoms with Crippen molar-refractivity contribution in [1.29, 1.82) is 0 Å². The summed E-state index contributed by atoms with van der Waals surface area (Å²) in [6.45, 7) is 2.53. The number of carbonyl (C=O) groups is 1. The summed E-state index contributed by atoms with van der Waals surface area (Å²) in [6.07, 6.45) is 1.07. The predicted molar refractivity (Wildman–Crippen MR) is 116 cm³/mol. The molecule has 3 aromatic carbocycles. The van der Waals surface area contributed by atoms with Gasteiger partial charge in [0.25, 0.3) is 0 Å². The van der Waals surface area contributed by atoms with Gasteiger partial charge in [-0.2, -0.15) is 0 Å². The molecule has 0 bridgehead atoms. The van der Waals surface area contributed by atoms with E-state index in [-0.39, 0.29) is 11.9 Å². The molecule has 0 aliphatic heterocycles. The van der Waals surface area contributed by atoms with Gasteiger partial charge in [-0.25, -0.2) is 0 Å². The summed E-state index contributed by atoms with van der Waals surface area (Å²) in [5.74, 6) is 0.821. The van der Waals surface area contributed by atoms with Crippen molar-refractivity contribution in [3.8, 4) is 5.75 Å². The Kier molecular flexibility index (Phi) is 7.26. The monoisotopic (exact) mass is 437 g/mol. The molecule has 0 saturated carbocycles. The van der Waals surface area contributed by atoms with Gasteiger partial charge >= 0.3 is 0 Å². The first kappa shape index (κ1) is 20.2. The van der Waals surface area contributed by atoms with E-state index in [2.05, 4.69) is 21.2 Å². The van der Waals surface area contributed by atoms with E-state index in [1.165, 1.54) is 5.56 Å². The fraction of sp³-hybridized carbons (Fsp3) is 0.208. The van der Waals surface area contributed by atoms with Crippen molar-refractivity contribution in [3.05, 3.63) is 100 Å².